The zero-order valence-electron chi connectivity index (χ0n) is 47.5. The fraction of sp³-hybridized carbons (Fsp3) is 0.771. The summed E-state index contributed by atoms with van der Waals surface area (Å²) in [5.41, 5.74) is 9.29. The maximum Gasteiger partial charge on any atom is 0.0657 e. The summed E-state index contributed by atoms with van der Waals surface area (Å²) < 4.78 is 6.73. The third-order valence-corrected chi connectivity index (χ3v) is 19.4. The Morgan fingerprint density at radius 2 is 0.606 bits per heavy atom. The quantitative estimate of drug-likeness (QED) is 0.0635. The predicted octanol–water partition coefficient (Wildman–Crippen LogP) is 22.8. The van der Waals surface area contributed by atoms with E-state index in [1.54, 1.807) is 22.3 Å². The fourth-order valence-electron chi connectivity index (χ4n) is 14.5. The highest BCUT2D eigenvalue weighted by Crippen LogP contribution is 2.44. The molecule has 1 nitrogen and oxygen atoms in total. The Morgan fingerprint density at radius 3 is 0.887 bits per heavy atom. The summed E-state index contributed by atoms with van der Waals surface area (Å²) in [5, 5.41) is 0. The van der Waals surface area contributed by atoms with Crippen molar-refractivity contribution in [1.29, 1.82) is 0 Å². The molecule has 0 saturated heterocycles. The second-order valence-electron chi connectivity index (χ2n) is 24.8. The lowest BCUT2D eigenvalue weighted by Gasteiger charge is -2.31. The van der Waals surface area contributed by atoms with Gasteiger partial charge in [0.2, 0.25) is 0 Å². The molecule has 400 valence electrons. The lowest BCUT2D eigenvalue weighted by Crippen LogP contribution is -2.17. The van der Waals surface area contributed by atoms with Crippen LogP contribution in [-0.2, 0) is 4.74 Å². The Balaban J connectivity index is 1.08. The molecule has 4 aliphatic carbocycles. The van der Waals surface area contributed by atoms with Gasteiger partial charge in [0.1, 0.15) is 0 Å². The summed E-state index contributed by atoms with van der Waals surface area (Å²) >= 11 is 0. The molecular formula is C70H114O. The smallest absolute Gasteiger partial charge is 0.0657 e. The Morgan fingerprint density at radius 1 is 0.338 bits per heavy atom. The van der Waals surface area contributed by atoms with Gasteiger partial charge in [-0.3, -0.25) is 0 Å². The fourth-order valence-corrected chi connectivity index (χ4v) is 14.5. The molecule has 4 saturated carbocycles. The van der Waals surface area contributed by atoms with E-state index in [0.717, 1.165) is 35.5 Å². The summed E-state index contributed by atoms with van der Waals surface area (Å²) in [6.07, 6.45) is 61.5. The van der Waals surface area contributed by atoms with Crippen LogP contribution in [0.4, 0.5) is 0 Å². The Bertz CT molecular complexity index is 1540. The predicted molar refractivity (Wildman–Crippen MR) is 313 cm³/mol. The van der Waals surface area contributed by atoms with Crippen molar-refractivity contribution in [2.24, 2.45) is 35.5 Å². The van der Waals surface area contributed by atoms with E-state index in [9.17, 15) is 0 Å². The van der Waals surface area contributed by atoms with Gasteiger partial charge in [-0.1, -0.05) is 242 Å². The highest BCUT2D eigenvalue weighted by atomic mass is 16.5. The van der Waals surface area contributed by atoms with E-state index in [0.29, 0.717) is 25.0 Å². The molecule has 0 amide bonds. The molecule has 0 aromatic heterocycles. The second-order valence-corrected chi connectivity index (χ2v) is 24.8. The number of ether oxygens (including phenoxy) is 1. The van der Waals surface area contributed by atoms with Crippen molar-refractivity contribution in [3.05, 3.63) is 82.9 Å². The van der Waals surface area contributed by atoms with Crippen LogP contribution in [0.25, 0.3) is 11.1 Å². The van der Waals surface area contributed by atoms with Gasteiger partial charge >= 0.3 is 0 Å². The van der Waals surface area contributed by atoms with Crippen molar-refractivity contribution in [2.45, 2.75) is 296 Å². The van der Waals surface area contributed by atoms with E-state index in [4.69, 9.17) is 4.74 Å². The highest BCUT2D eigenvalue weighted by molar-refractivity contribution is 5.69. The molecule has 0 unspecified atom stereocenters. The maximum atomic E-state index is 6.73. The first-order valence-corrected chi connectivity index (χ1v) is 32.3. The largest absolute Gasteiger partial charge is 0.373 e. The zero-order valence-corrected chi connectivity index (χ0v) is 47.5. The molecule has 71 heavy (non-hydrogen) atoms. The summed E-state index contributed by atoms with van der Waals surface area (Å²) in [5.74, 6) is 6.63. The molecule has 2 aromatic rings. The van der Waals surface area contributed by atoms with Gasteiger partial charge < -0.3 is 4.74 Å². The molecule has 6 rings (SSSR count). The molecule has 4 fully saturated rings. The molecule has 0 aliphatic heterocycles. The molecule has 0 spiro atoms. The van der Waals surface area contributed by atoms with Crippen molar-refractivity contribution in [3.63, 3.8) is 0 Å². The molecular weight excluding hydrogens is 857 g/mol. The number of rotatable bonds is 34. The summed E-state index contributed by atoms with van der Waals surface area (Å²) in [6, 6.07) is 20.2. The SMILES string of the molecule is CCCCCCC[C@H]1CC[C@H](C(=CCOCC=C(c2ccc([C@H]3CC[C@H](CCCCCCC)CC3)cc2)[C@H]2CC[C@H](CCCCCCC)CC2)c2ccc([C@H]3CC[C@H](CCCCCCC)CC3)cc2)CC1. The van der Waals surface area contributed by atoms with Gasteiger partial charge in [0.25, 0.3) is 0 Å². The van der Waals surface area contributed by atoms with E-state index in [1.807, 2.05) is 0 Å². The standard InChI is InChI=1S/C70H114O/c1-5-9-13-17-21-25-57-29-37-61(38-30-57)63-45-49-67(50-46-63)69(65-41-33-59(34-42-65)27-23-19-15-11-7-3)53-55-71-56-54-70(66-43-35-60(36-44-66)28-24-20-16-12-8-4)68-51-47-64(48-52-68)62-39-31-58(32-40-62)26-22-18-14-10-6-2/h45-54,57-62,65-66H,5-44,55-56H2,1-4H3/t57-,58-,59-,60-,61-,62-,65-,66-. The molecule has 0 N–H and O–H groups in total. The zero-order chi connectivity index (χ0) is 49.6. The van der Waals surface area contributed by atoms with Gasteiger partial charge in [-0.25, -0.2) is 0 Å². The van der Waals surface area contributed by atoms with Crippen LogP contribution in [0.15, 0.2) is 60.7 Å². The highest BCUT2D eigenvalue weighted by Gasteiger charge is 2.28. The van der Waals surface area contributed by atoms with Crippen LogP contribution in [0, 0.1) is 35.5 Å². The van der Waals surface area contributed by atoms with Crippen molar-refractivity contribution < 1.29 is 4.74 Å². The van der Waals surface area contributed by atoms with Crippen LogP contribution in [0.1, 0.15) is 319 Å². The Kier molecular flexibility index (Phi) is 28.8. The first-order chi connectivity index (χ1) is 35.1. The van der Waals surface area contributed by atoms with Crippen LogP contribution >= 0.6 is 0 Å². The lowest BCUT2D eigenvalue weighted by atomic mass is 9.74. The van der Waals surface area contributed by atoms with Gasteiger partial charge in [0.15, 0.2) is 0 Å². The van der Waals surface area contributed by atoms with Gasteiger partial charge in [-0.2, -0.15) is 0 Å². The van der Waals surface area contributed by atoms with Crippen molar-refractivity contribution >= 4 is 11.1 Å². The van der Waals surface area contributed by atoms with Gasteiger partial charge in [0, 0.05) is 0 Å². The van der Waals surface area contributed by atoms with Crippen molar-refractivity contribution in [3.8, 4) is 0 Å². The summed E-state index contributed by atoms with van der Waals surface area (Å²) in [6.45, 7) is 10.8. The molecule has 0 heterocycles. The molecule has 0 atom stereocenters. The molecule has 0 bridgehead atoms. The minimum Gasteiger partial charge on any atom is -0.373 e. The average molecular weight is 972 g/mol. The third-order valence-electron chi connectivity index (χ3n) is 19.4. The number of unbranched alkanes of at least 4 members (excludes halogenated alkanes) is 16. The van der Waals surface area contributed by atoms with E-state index < -0.39 is 0 Å². The van der Waals surface area contributed by atoms with Crippen LogP contribution < -0.4 is 0 Å². The number of benzene rings is 2. The van der Waals surface area contributed by atoms with Gasteiger partial charge in [-0.05, 0) is 183 Å². The Hall–Kier alpha value is -2.12. The van der Waals surface area contributed by atoms with Crippen LogP contribution in [-0.4, -0.2) is 13.2 Å². The minimum atomic E-state index is 0.658. The summed E-state index contributed by atoms with van der Waals surface area (Å²) in [4.78, 5) is 0. The first-order valence-electron chi connectivity index (χ1n) is 32.3. The first kappa shape index (κ1) is 58.1. The average Bonchev–Trinajstić information content (AvgIpc) is 3.41. The third kappa shape index (κ3) is 21.2. The van der Waals surface area contributed by atoms with Crippen LogP contribution in [0.2, 0.25) is 0 Å². The number of allylic oxidation sites excluding steroid dienone is 2. The molecule has 0 radical (unpaired) electrons. The van der Waals surface area contributed by atoms with Gasteiger partial charge in [-0.15, -0.1) is 0 Å². The van der Waals surface area contributed by atoms with E-state index in [2.05, 4.69) is 88.4 Å². The monoisotopic (exact) mass is 971 g/mol. The van der Waals surface area contributed by atoms with E-state index in [-0.39, 0.29) is 0 Å². The number of hydrogen-bond donors (Lipinski definition) is 0. The van der Waals surface area contributed by atoms with E-state index in [1.165, 1.54) is 268 Å². The molecule has 2 aromatic carbocycles. The van der Waals surface area contributed by atoms with E-state index >= 15 is 0 Å². The lowest BCUT2D eigenvalue weighted by molar-refractivity contribution is 0.193. The van der Waals surface area contributed by atoms with Gasteiger partial charge in [0.05, 0.1) is 13.2 Å². The van der Waals surface area contributed by atoms with Crippen LogP contribution in [0.5, 0.6) is 0 Å². The minimum absolute atomic E-state index is 0.658. The topological polar surface area (TPSA) is 9.23 Å². The van der Waals surface area contributed by atoms with Crippen molar-refractivity contribution in [2.75, 3.05) is 13.2 Å². The molecule has 4 aliphatic rings. The maximum absolute atomic E-state index is 6.73. The summed E-state index contributed by atoms with van der Waals surface area (Å²) in [7, 11) is 0. The normalized spacial score (nSPS) is 25.7. The van der Waals surface area contributed by atoms with Crippen LogP contribution in [0.3, 0.4) is 0 Å². The Labute approximate surface area is 441 Å². The van der Waals surface area contributed by atoms with Crippen molar-refractivity contribution in [1.82, 2.24) is 0 Å². The molecule has 1 heteroatoms. The number of hydrogen-bond acceptors (Lipinski definition) is 1. The second kappa shape index (κ2) is 35.2.